The van der Waals surface area contributed by atoms with Crippen molar-refractivity contribution in [2.75, 3.05) is 0 Å². The molecule has 0 atom stereocenters. The van der Waals surface area contributed by atoms with Crippen molar-refractivity contribution in [3.8, 4) is 0 Å². The lowest BCUT2D eigenvalue weighted by Crippen LogP contribution is -1.66. The molecule has 3 heteroatoms. The smallest absolute Gasteiger partial charge is 0.0652 e. The van der Waals surface area contributed by atoms with Crippen LogP contribution in [0.3, 0.4) is 0 Å². The summed E-state index contributed by atoms with van der Waals surface area (Å²) in [6, 6.07) is 5.04. The van der Waals surface area contributed by atoms with Crippen molar-refractivity contribution < 1.29 is 0 Å². The third kappa shape index (κ3) is 1.72. The topological polar surface area (TPSA) is 12.4 Å². The van der Waals surface area contributed by atoms with Crippen molar-refractivity contribution in [2.45, 2.75) is 0 Å². The van der Waals surface area contributed by atoms with E-state index in [1.807, 2.05) is 0 Å². The maximum Gasteiger partial charge on any atom is 0.0652 e. The Kier molecular flexibility index (Phi) is 2.30. The highest BCUT2D eigenvalue weighted by molar-refractivity contribution is 6.35. The molecule has 0 amide bonds. The van der Waals surface area contributed by atoms with Crippen molar-refractivity contribution in [1.29, 1.82) is 0 Å². The summed E-state index contributed by atoms with van der Waals surface area (Å²) in [6.45, 7) is 3.35. The van der Waals surface area contributed by atoms with E-state index >= 15 is 0 Å². The summed E-state index contributed by atoms with van der Waals surface area (Å²) in [6.07, 6.45) is 0. The Balaban J connectivity index is 3.18. The van der Waals surface area contributed by atoms with Crippen LogP contribution in [0, 0.1) is 0 Å². The molecule has 0 aliphatic carbocycles. The first-order valence-corrected chi connectivity index (χ1v) is 3.41. The van der Waals surface area contributed by atoms with E-state index in [0.29, 0.717) is 15.7 Å². The van der Waals surface area contributed by atoms with Crippen molar-refractivity contribution in [1.82, 2.24) is 0 Å². The molecule has 0 heterocycles. The molecular weight excluding hydrogens is 169 g/mol. The predicted octanol–water partition coefficient (Wildman–Crippen LogP) is 3.33. The van der Waals surface area contributed by atoms with Gasteiger partial charge < -0.3 is 0 Å². The third-order valence-corrected chi connectivity index (χ3v) is 1.47. The van der Waals surface area contributed by atoms with Gasteiger partial charge in [0.05, 0.1) is 5.69 Å². The molecule has 0 aliphatic heterocycles. The molecule has 0 unspecified atom stereocenters. The Hall–Kier alpha value is -0.530. The van der Waals surface area contributed by atoms with Gasteiger partial charge in [-0.3, -0.25) is 4.99 Å². The summed E-state index contributed by atoms with van der Waals surface area (Å²) in [5.41, 5.74) is 0.692. The average Bonchev–Trinajstić information content (AvgIpc) is 1.85. The van der Waals surface area contributed by atoms with Crippen LogP contribution in [-0.4, -0.2) is 6.72 Å². The maximum absolute atomic E-state index is 5.66. The van der Waals surface area contributed by atoms with Crippen LogP contribution in [0.25, 0.3) is 0 Å². The highest BCUT2D eigenvalue weighted by atomic mass is 35.5. The SMILES string of the molecule is C=Nc1cc(Cl)cc(Cl)c1. The Morgan fingerprint density at radius 2 is 1.60 bits per heavy atom. The number of benzene rings is 1. The van der Waals surface area contributed by atoms with E-state index in [4.69, 9.17) is 23.2 Å². The maximum atomic E-state index is 5.66. The average molecular weight is 174 g/mol. The molecule has 1 aromatic carbocycles. The standard InChI is InChI=1S/C7H5Cl2N/c1-10-7-3-5(8)2-6(9)4-7/h2-4H,1H2. The Labute approximate surface area is 69.3 Å². The summed E-state index contributed by atoms with van der Waals surface area (Å²) in [5.74, 6) is 0. The van der Waals surface area contributed by atoms with Crippen molar-refractivity contribution >= 4 is 35.6 Å². The van der Waals surface area contributed by atoms with E-state index in [-0.39, 0.29) is 0 Å². The lowest BCUT2D eigenvalue weighted by molar-refractivity contribution is 1.55. The van der Waals surface area contributed by atoms with Crippen LogP contribution >= 0.6 is 23.2 Å². The molecule has 1 nitrogen and oxygen atoms in total. The van der Waals surface area contributed by atoms with Gasteiger partial charge in [-0.25, -0.2) is 0 Å². The molecule has 0 saturated carbocycles. The van der Waals surface area contributed by atoms with Crippen molar-refractivity contribution in [2.24, 2.45) is 4.99 Å². The van der Waals surface area contributed by atoms with Gasteiger partial charge in [-0.2, -0.15) is 0 Å². The van der Waals surface area contributed by atoms with Crippen LogP contribution in [0.4, 0.5) is 5.69 Å². The second kappa shape index (κ2) is 3.04. The molecule has 52 valence electrons. The van der Waals surface area contributed by atoms with Crippen molar-refractivity contribution in [3.63, 3.8) is 0 Å². The first-order chi connectivity index (χ1) is 4.72. The van der Waals surface area contributed by atoms with E-state index < -0.39 is 0 Å². The minimum absolute atomic E-state index is 0.579. The number of hydrogen-bond donors (Lipinski definition) is 0. The third-order valence-electron chi connectivity index (χ3n) is 1.03. The summed E-state index contributed by atoms with van der Waals surface area (Å²) in [5, 5.41) is 1.16. The minimum Gasteiger partial charge on any atom is -0.265 e. The second-order valence-electron chi connectivity index (χ2n) is 1.79. The quantitative estimate of drug-likeness (QED) is 0.579. The molecule has 1 aromatic rings. The predicted molar refractivity (Wildman–Crippen MR) is 45.7 cm³/mol. The minimum atomic E-state index is 0.579. The van der Waals surface area contributed by atoms with Gasteiger partial charge in [0.25, 0.3) is 0 Å². The van der Waals surface area contributed by atoms with Gasteiger partial charge in [0.2, 0.25) is 0 Å². The lowest BCUT2D eigenvalue weighted by Gasteiger charge is -1.94. The highest BCUT2D eigenvalue weighted by Crippen LogP contribution is 2.23. The van der Waals surface area contributed by atoms with Gasteiger partial charge in [0.1, 0.15) is 0 Å². The first kappa shape index (κ1) is 7.58. The van der Waals surface area contributed by atoms with E-state index in [1.54, 1.807) is 18.2 Å². The van der Waals surface area contributed by atoms with Crippen LogP contribution < -0.4 is 0 Å². The number of rotatable bonds is 1. The van der Waals surface area contributed by atoms with Gasteiger partial charge >= 0.3 is 0 Å². The molecule has 0 radical (unpaired) electrons. The van der Waals surface area contributed by atoms with Crippen LogP contribution in [-0.2, 0) is 0 Å². The molecule has 0 spiro atoms. The summed E-state index contributed by atoms with van der Waals surface area (Å²) >= 11 is 11.3. The number of aliphatic imine (C=N–C) groups is 1. The number of hydrogen-bond acceptors (Lipinski definition) is 1. The Bertz CT molecular complexity index is 238. The van der Waals surface area contributed by atoms with Crippen LogP contribution in [0.1, 0.15) is 0 Å². The zero-order chi connectivity index (χ0) is 7.56. The molecule has 10 heavy (non-hydrogen) atoms. The van der Waals surface area contributed by atoms with Crippen LogP contribution in [0.15, 0.2) is 23.2 Å². The zero-order valence-electron chi connectivity index (χ0n) is 5.14. The second-order valence-corrected chi connectivity index (χ2v) is 2.66. The Morgan fingerprint density at radius 3 is 2.00 bits per heavy atom. The highest BCUT2D eigenvalue weighted by Gasteiger charge is 1.93. The molecular formula is C7H5Cl2N. The molecule has 0 saturated heterocycles. The summed E-state index contributed by atoms with van der Waals surface area (Å²) in [7, 11) is 0. The lowest BCUT2D eigenvalue weighted by atomic mass is 10.3. The van der Waals surface area contributed by atoms with Crippen LogP contribution in [0.5, 0.6) is 0 Å². The molecule has 0 aliphatic rings. The molecule has 0 bridgehead atoms. The van der Waals surface area contributed by atoms with Gasteiger partial charge in [-0.1, -0.05) is 23.2 Å². The number of nitrogens with zero attached hydrogens (tertiary/aromatic N) is 1. The van der Waals surface area contributed by atoms with Gasteiger partial charge in [-0.05, 0) is 24.9 Å². The molecule has 0 N–H and O–H groups in total. The van der Waals surface area contributed by atoms with Gasteiger partial charge in [0.15, 0.2) is 0 Å². The van der Waals surface area contributed by atoms with Crippen molar-refractivity contribution in [3.05, 3.63) is 28.2 Å². The fourth-order valence-electron chi connectivity index (χ4n) is 0.631. The normalized spacial score (nSPS) is 9.40. The zero-order valence-corrected chi connectivity index (χ0v) is 6.65. The first-order valence-electron chi connectivity index (χ1n) is 2.65. The van der Waals surface area contributed by atoms with Gasteiger partial charge in [0, 0.05) is 10.0 Å². The summed E-state index contributed by atoms with van der Waals surface area (Å²) < 4.78 is 0. The fraction of sp³-hybridized carbons (Fsp3) is 0. The largest absolute Gasteiger partial charge is 0.265 e. The van der Waals surface area contributed by atoms with E-state index in [9.17, 15) is 0 Å². The van der Waals surface area contributed by atoms with Crippen LogP contribution in [0.2, 0.25) is 10.0 Å². The Morgan fingerprint density at radius 1 is 1.10 bits per heavy atom. The molecule has 1 rings (SSSR count). The van der Waals surface area contributed by atoms with Gasteiger partial charge in [-0.15, -0.1) is 0 Å². The molecule has 0 aromatic heterocycles. The fourth-order valence-corrected chi connectivity index (χ4v) is 1.15. The monoisotopic (exact) mass is 173 g/mol. The van der Waals surface area contributed by atoms with E-state index in [0.717, 1.165) is 0 Å². The van der Waals surface area contributed by atoms with E-state index in [1.165, 1.54) is 0 Å². The number of halogens is 2. The molecule has 0 fully saturated rings. The van der Waals surface area contributed by atoms with E-state index in [2.05, 4.69) is 11.7 Å². The summed E-state index contributed by atoms with van der Waals surface area (Å²) in [4.78, 5) is 3.67.